The summed E-state index contributed by atoms with van der Waals surface area (Å²) in [5.41, 5.74) is 0. The lowest BCUT2D eigenvalue weighted by molar-refractivity contribution is -0.104. The monoisotopic (exact) mass is 168 g/mol. The van der Waals surface area contributed by atoms with Crippen molar-refractivity contribution in [3.05, 3.63) is 12.2 Å². The fourth-order valence-electron chi connectivity index (χ4n) is 1.22. The van der Waals surface area contributed by atoms with E-state index in [1.165, 1.54) is 32.1 Å². The molecule has 0 saturated heterocycles. The molecule has 0 saturated carbocycles. The molecule has 0 aliphatic heterocycles. The van der Waals surface area contributed by atoms with Crippen molar-refractivity contribution in [3.8, 4) is 0 Å². The van der Waals surface area contributed by atoms with Gasteiger partial charge in [-0.3, -0.25) is 4.79 Å². The number of hydrogen-bond acceptors (Lipinski definition) is 1. The minimum atomic E-state index is 0.562. The molecule has 1 nitrogen and oxygen atoms in total. The summed E-state index contributed by atoms with van der Waals surface area (Å²) in [4.78, 5) is 10.00. The first-order valence-electron chi connectivity index (χ1n) is 4.93. The van der Waals surface area contributed by atoms with Crippen LogP contribution in [-0.2, 0) is 4.79 Å². The molecule has 1 heteroatoms. The zero-order chi connectivity index (χ0) is 9.23. The van der Waals surface area contributed by atoms with Crippen LogP contribution in [0.15, 0.2) is 12.2 Å². The van der Waals surface area contributed by atoms with Gasteiger partial charge in [-0.1, -0.05) is 45.6 Å². The topological polar surface area (TPSA) is 17.1 Å². The Kier molecular flexibility index (Phi) is 8.09. The number of carbonyl (C=O) groups excluding carboxylic acids is 1. The quantitative estimate of drug-likeness (QED) is 0.324. The zero-order valence-corrected chi connectivity index (χ0v) is 8.25. The summed E-state index contributed by atoms with van der Waals surface area (Å²) in [5, 5.41) is 0. The van der Waals surface area contributed by atoms with Crippen molar-refractivity contribution in [3.63, 3.8) is 0 Å². The van der Waals surface area contributed by atoms with Crippen LogP contribution in [0.4, 0.5) is 0 Å². The van der Waals surface area contributed by atoms with Crippen LogP contribution in [0.25, 0.3) is 0 Å². The lowest BCUT2D eigenvalue weighted by Gasteiger charge is -2.03. The van der Waals surface area contributed by atoms with E-state index in [9.17, 15) is 4.79 Å². The lowest BCUT2D eigenvalue weighted by Crippen LogP contribution is -1.89. The van der Waals surface area contributed by atoms with Gasteiger partial charge in [0.2, 0.25) is 0 Å². The van der Waals surface area contributed by atoms with Crippen LogP contribution in [-0.4, -0.2) is 6.29 Å². The molecule has 0 amide bonds. The predicted octanol–water partition coefficient (Wildman–Crippen LogP) is 3.35. The highest BCUT2D eigenvalue weighted by Gasteiger charge is 1.95. The third kappa shape index (κ3) is 7.52. The highest BCUT2D eigenvalue weighted by atomic mass is 16.1. The molecule has 1 atom stereocenters. The maximum Gasteiger partial charge on any atom is 0.142 e. The van der Waals surface area contributed by atoms with E-state index in [0.29, 0.717) is 5.92 Å². The van der Waals surface area contributed by atoms with E-state index in [4.69, 9.17) is 0 Å². The van der Waals surface area contributed by atoms with Gasteiger partial charge in [-0.25, -0.2) is 0 Å². The fraction of sp³-hybridized carbons (Fsp3) is 0.727. The first-order valence-corrected chi connectivity index (χ1v) is 4.93. The highest BCUT2D eigenvalue weighted by Crippen LogP contribution is 2.10. The van der Waals surface area contributed by atoms with Crippen molar-refractivity contribution < 1.29 is 4.79 Å². The molecule has 0 spiro atoms. The number of rotatable bonds is 7. The van der Waals surface area contributed by atoms with Gasteiger partial charge in [0.15, 0.2) is 0 Å². The van der Waals surface area contributed by atoms with E-state index >= 15 is 0 Å². The average molecular weight is 168 g/mol. The van der Waals surface area contributed by atoms with Gasteiger partial charge in [0.1, 0.15) is 6.29 Å². The summed E-state index contributed by atoms with van der Waals surface area (Å²) in [7, 11) is 0. The van der Waals surface area contributed by atoms with E-state index < -0.39 is 0 Å². The largest absolute Gasteiger partial charge is 0.299 e. The molecule has 12 heavy (non-hydrogen) atoms. The molecule has 0 aromatic rings. The highest BCUT2D eigenvalue weighted by molar-refractivity contribution is 5.64. The number of carbonyl (C=O) groups is 1. The van der Waals surface area contributed by atoms with Crippen LogP contribution in [0.3, 0.4) is 0 Å². The second kappa shape index (κ2) is 8.51. The van der Waals surface area contributed by atoms with Crippen LogP contribution < -0.4 is 0 Å². The van der Waals surface area contributed by atoms with Crippen LogP contribution in [0.2, 0.25) is 0 Å². The van der Waals surface area contributed by atoms with Crippen molar-refractivity contribution in [2.24, 2.45) is 5.92 Å². The SMILES string of the molecule is CCCCCCC(C)C=CC=O. The second-order valence-corrected chi connectivity index (χ2v) is 3.35. The molecule has 70 valence electrons. The van der Waals surface area contributed by atoms with Crippen LogP contribution >= 0.6 is 0 Å². The van der Waals surface area contributed by atoms with Gasteiger partial charge in [0.25, 0.3) is 0 Å². The van der Waals surface area contributed by atoms with Crippen molar-refractivity contribution in [2.75, 3.05) is 0 Å². The average Bonchev–Trinajstić information content (AvgIpc) is 2.09. The van der Waals surface area contributed by atoms with Crippen molar-refractivity contribution in [2.45, 2.75) is 46.0 Å². The molecule has 1 unspecified atom stereocenters. The minimum absolute atomic E-state index is 0.562. The van der Waals surface area contributed by atoms with Crippen LogP contribution in [0.5, 0.6) is 0 Å². The predicted molar refractivity (Wildman–Crippen MR) is 53.1 cm³/mol. The number of aldehydes is 1. The van der Waals surface area contributed by atoms with E-state index in [2.05, 4.69) is 13.8 Å². The Balaban J connectivity index is 3.24. The third-order valence-electron chi connectivity index (χ3n) is 2.03. The molecule has 0 rings (SSSR count). The van der Waals surface area contributed by atoms with Gasteiger partial charge < -0.3 is 0 Å². The van der Waals surface area contributed by atoms with Gasteiger partial charge in [-0.2, -0.15) is 0 Å². The zero-order valence-electron chi connectivity index (χ0n) is 8.25. The molecule has 0 aliphatic carbocycles. The van der Waals surface area contributed by atoms with Gasteiger partial charge >= 0.3 is 0 Å². The fourth-order valence-corrected chi connectivity index (χ4v) is 1.22. The van der Waals surface area contributed by atoms with Gasteiger partial charge in [-0.05, 0) is 18.4 Å². The Morgan fingerprint density at radius 1 is 1.25 bits per heavy atom. The molecule has 0 aliphatic rings. The Morgan fingerprint density at radius 2 is 2.00 bits per heavy atom. The van der Waals surface area contributed by atoms with Crippen molar-refractivity contribution in [1.82, 2.24) is 0 Å². The normalized spacial score (nSPS) is 13.5. The molecule has 0 N–H and O–H groups in total. The molecule has 0 bridgehead atoms. The first-order chi connectivity index (χ1) is 5.81. The summed E-state index contributed by atoms with van der Waals surface area (Å²) in [6.45, 7) is 4.38. The molecule has 0 aromatic heterocycles. The molecular formula is C11H20O. The molecule has 0 heterocycles. The van der Waals surface area contributed by atoms with Gasteiger partial charge in [0, 0.05) is 0 Å². The maximum absolute atomic E-state index is 10.00. The van der Waals surface area contributed by atoms with E-state index in [0.717, 1.165) is 6.29 Å². The molecule has 0 fully saturated rings. The summed E-state index contributed by atoms with van der Waals surface area (Å²) in [5.74, 6) is 0.562. The van der Waals surface area contributed by atoms with Crippen molar-refractivity contribution in [1.29, 1.82) is 0 Å². The number of unbranched alkanes of at least 4 members (excludes halogenated alkanes) is 3. The van der Waals surface area contributed by atoms with Gasteiger partial charge in [0.05, 0.1) is 0 Å². The molecule has 0 aromatic carbocycles. The van der Waals surface area contributed by atoms with E-state index in [1.54, 1.807) is 6.08 Å². The Bertz CT molecular complexity index is 127. The Hall–Kier alpha value is -0.590. The standard InChI is InChI=1S/C11H20O/c1-3-4-5-6-8-11(2)9-7-10-12/h7,9-11H,3-6,8H2,1-2H3. The maximum atomic E-state index is 10.00. The molecule has 0 radical (unpaired) electrons. The second-order valence-electron chi connectivity index (χ2n) is 3.35. The summed E-state index contributed by atoms with van der Waals surface area (Å²) < 4.78 is 0. The first kappa shape index (κ1) is 11.4. The number of allylic oxidation sites excluding steroid dienone is 2. The number of hydrogen-bond donors (Lipinski definition) is 0. The Labute approximate surface area is 75.9 Å². The lowest BCUT2D eigenvalue weighted by atomic mass is 10.0. The van der Waals surface area contributed by atoms with Crippen LogP contribution in [0.1, 0.15) is 46.0 Å². The van der Waals surface area contributed by atoms with Crippen molar-refractivity contribution >= 4 is 6.29 Å². The smallest absolute Gasteiger partial charge is 0.142 e. The van der Waals surface area contributed by atoms with E-state index in [-0.39, 0.29) is 0 Å². The summed E-state index contributed by atoms with van der Waals surface area (Å²) in [6, 6.07) is 0. The van der Waals surface area contributed by atoms with Gasteiger partial charge in [-0.15, -0.1) is 0 Å². The van der Waals surface area contributed by atoms with E-state index in [1.807, 2.05) is 6.08 Å². The minimum Gasteiger partial charge on any atom is -0.299 e. The third-order valence-corrected chi connectivity index (χ3v) is 2.03. The molecular weight excluding hydrogens is 148 g/mol. The Morgan fingerprint density at radius 3 is 2.58 bits per heavy atom. The van der Waals surface area contributed by atoms with Crippen LogP contribution in [0, 0.1) is 5.92 Å². The summed E-state index contributed by atoms with van der Waals surface area (Å²) >= 11 is 0. The summed E-state index contributed by atoms with van der Waals surface area (Å²) in [6.07, 6.45) is 10.9.